The summed E-state index contributed by atoms with van der Waals surface area (Å²) in [5.41, 5.74) is 0.601. The van der Waals surface area contributed by atoms with E-state index in [0.717, 1.165) is 6.42 Å². The van der Waals surface area contributed by atoms with Gasteiger partial charge in [0.25, 0.3) is 6.49 Å². The molecular weight excluding hydrogens is 305 g/mol. The summed E-state index contributed by atoms with van der Waals surface area (Å²) in [4.78, 5) is 0. The van der Waals surface area contributed by atoms with Crippen LogP contribution in [0.3, 0.4) is 0 Å². The first-order chi connectivity index (χ1) is 9.08. The van der Waals surface area contributed by atoms with E-state index in [2.05, 4.69) is 0 Å². The minimum atomic E-state index is -2.57. The second-order valence-electron chi connectivity index (χ2n) is 3.63. The Kier molecular flexibility index (Phi) is 6.60. The first kappa shape index (κ1) is 16.3. The van der Waals surface area contributed by atoms with Gasteiger partial charge in [0.05, 0.1) is 25.3 Å². The number of rotatable bonds is 7. The Balaban J connectivity index is 2.97. The fourth-order valence-electron chi connectivity index (χ4n) is 1.28. The number of benzene rings is 1. The van der Waals surface area contributed by atoms with E-state index in [0.29, 0.717) is 23.7 Å². The van der Waals surface area contributed by atoms with Crippen molar-refractivity contribution in [2.75, 3.05) is 19.3 Å². The highest BCUT2D eigenvalue weighted by Crippen LogP contribution is 2.51. The highest BCUT2D eigenvalue weighted by Gasteiger charge is 2.21. The van der Waals surface area contributed by atoms with Gasteiger partial charge in [-0.15, -0.1) is 11.6 Å². The van der Waals surface area contributed by atoms with Gasteiger partial charge in [-0.05, 0) is 30.4 Å². The van der Waals surface area contributed by atoms with E-state index in [9.17, 15) is 0 Å². The second kappa shape index (κ2) is 7.72. The number of nitrogens with zero attached hydrogens (tertiary/aromatic N) is 1. The summed E-state index contributed by atoms with van der Waals surface area (Å²) in [5, 5.41) is 8.84. The monoisotopic (exact) mass is 319 g/mol. The summed E-state index contributed by atoms with van der Waals surface area (Å²) in [6.07, 6.45) is 0.836. The van der Waals surface area contributed by atoms with Gasteiger partial charge in [0, 0.05) is 6.07 Å². The summed E-state index contributed by atoms with van der Waals surface area (Å²) in [5.74, 6) is 0.889. The molecule has 1 unspecified atom stereocenters. The van der Waals surface area contributed by atoms with Crippen molar-refractivity contribution < 1.29 is 13.8 Å². The molecule has 1 atom stereocenters. The molecule has 19 heavy (non-hydrogen) atoms. The van der Waals surface area contributed by atoms with Gasteiger partial charge in [-0.2, -0.15) is 5.26 Å². The molecule has 0 aliphatic heterocycles. The van der Waals surface area contributed by atoms with Crippen molar-refractivity contribution in [3.8, 4) is 17.6 Å². The molecular formula is C12H15ClNO3PS. The highest BCUT2D eigenvalue weighted by atomic mass is 35.5. The SMILES string of the molecule is CCCOP(=S)(CCl)Oc1ccc(C#N)cc1OC. The second-order valence-corrected chi connectivity index (χ2v) is 7.92. The van der Waals surface area contributed by atoms with Crippen LogP contribution in [0.2, 0.25) is 0 Å². The molecule has 0 aromatic heterocycles. The fourth-order valence-corrected chi connectivity index (χ4v) is 3.18. The molecule has 4 nitrogen and oxygen atoms in total. The van der Waals surface area contributed by atoms with Crippen molar-refractivity contribution in [2.24, 2.45) is 0 Å². The van der Waals surface area contributed by atoms with Gasteiger partial charge in [0.2, 0.25) is 0 Å². The van der Waals surface area contributed by atoms with Crippen molar-refractivity contribution in [2.45, 2.75) is 13.3 Å². The molecule has 0 fully saturated rings. The largest absolute Gasteiger partial charge is 0.493 e. The minimum absolute atomic E-state index is 0.117. The van der Waals surface area contributed by atoms with Gasteiger partial charge in [0.1, 0.15) is 5.62 Å². The lowest BCUT2D eigenvalue weighted by atomic mass is 10.2. The van der Waals surface area contributed by atoms with Crippen LogP contribution in [0.1, 0.15) is 18.9 Å². The molecule has 0 radical (unpaired) electrons. The molecule has 0 amide bonds. The van der Waals surface area contributed by atoms with Crippen LogP contribution in [-0.2, 0) is 16.3 Å². The maximum Gasteiger partial charge on any atom is 0.252 e. The fraction of sp³-hybridized carbons (Fsp3) is 0.417. The zero-order chi connectivity index (χ0) is 14.3. The number of alkyl halides is 1. The Morgan fingerprint density at radius 1 is 1.42 bits per heavy atom. The zero-order valence-corrected chi connectivity index (χ0v) is 13.2. The summed E-state index contributed by atoms with van der Waals surface area (Å²) in [6, 6.07) is 6.89. The Labute approximate surface area is 123 Å². The summed E-state index contributed by atoms with van der Waals surface area (Å²) in [6.45, 7) is -0.0816. The van der Waals surface area contributed by atoms with Gasteiger partial charge in [-0.25, -0.2) is 0 Å². The molecule has 0 spiro atoms. The van der Waals surface area contributed by atoms with Crippen LogP contribution >= 0.6 is 18.1 Å². The number of halogens is 1. The topological polar surface area (TPSA) is 51.5 Å². The van der Waals surface area contributed by atoms with Crippen molar-refractivity contribution in [1.82, 2.24) is 0 Å². The van der Waals surface area contributed by atoms with Crippen LogP contribution in [0.15, 0.2) is 18.2 Å². The molecule has 104 valence electrons. The first-order valence-corrected chi connectivity index (χ1v) is 9.01. The number of hydrogen-bond acceptors (Lipinski definition) is 5. The van der Waals surface area contributed by atoms with Crippen LogP contribution < -0.4 is 9.26 Å². The molecule has 0 bridgehead atoms. The van der Waals surface area contributed by atoms with Crippen molar-refractivity contribution in [3.05, 3.63) is 23.8 Å². The molecule has 0 heterocycles. The van der Waals surface area contributed by atoms with E-state index in [1.54, 1.807) is 18.2 Å². The third-order valence-corrected chi connectivity index (χ3v) is 5.81. The average Bonchev–Trinajstić information content (AvgIpc) is 2.45. The molecule has 7 heteroatoms. The van der Waals surface area contributed by atoms with E-state index in [1.807, 2.05) is 13.0 Å². The third-order valence-electron chi connectivity index (χ3n) is 2.17. The normalized spacial score (nSPS) is 13.4. The van der Waals surface area contributed by atoms with Gasteiger partial charge < -0.3 is 13.8 Å². The Hall–Kier alpha value is -0.790. The van der Waals surface area contributed by atoms with E-state index in [-0.39, 0.29) is 5.62 Å². The van der Waals surface area contributed by atoms with Crippen molar-refractivity contribution in [3.63, 3.8) is 0 Å². The first-order valence-electron chi connectivity index (χ1n) is 5.66. The molecule has 0 saturated heterocycles. The third kappa shape index (κ3) is 4.67. The number of ether oxygens (including phenoxy) is 1. The maximum atomic E-state index is 8.84. The summed E-state index contributed by atoms with van der Waals surface area (Å²) >= 11 is 11.2. The smallest absolute Gasteiger partial charge is 0.252 e. The van der Waals surface area contributed by atoms with Crippen LogP contribution in [0.5, 0.6) is 11.5 Å². The van der Waals surface area contributed by atoms with Gasteiger partial charge in [-0.1, -0.05) is 6.92 Å². The Morgan fingerprint density at radius 2 is 2.16 bits per heavy atom. The standard InChI is InChI=1S/C12H15ClNO3PS/c1-3-6-16-18(19,9-13)17-11-5-4-10(8-14)7-12(11)15-2/h4-5,7H,3,6,9H2,1-2H3. The predicted molar refractivity (Wildman–Crippen MR) is 79.6 cm³/mol. The van der Waals surface area contributed by atoms with Crippen LogP contribution in [0.4, 0.5) is 0 Å². The lowest BCUT2D eigenvalue weighted by molar-refractivity contribution is 0.309. The van der Waals surface area contributed by atoms with Crippen LogP contribution in [-0.4, -0.2) is 19.3 Å². The lowest BCUT2D eigenvalue weighted by Crippen LogP contribution is -2.01. The van der Waals surface area contributed by atoms with E-state index in [1.165, 1.54) is 7.11 Å². The van der Waals surface area contributed by atoms with Gasteiger partial charge in [-0.3, -0.25) is 0 Å². The molecule has 0 N–H and O–H groups in total. The zero-order valence-electron chi connectivity index (χ0n) is 10.8. The Morgan fingerprint density at radius 3 is 2.68 bits per heavy atom. The van der Waals surface area contributed by atoms with Gasteiger partial charge in [0.15, 0.2) is 11.5 Å². The number of hydrogen-bond donors (Lipinski definition) is 0. The molecule has 0 saturated carbocycles. The van der Waals surface area contributed by atoms with Gasteiger partial charge >= 0.3 is 0 Å². The van der Waals surface area contributed by atoms with Crippen molar-refractivity contribution >= 4 is 29.9 Å². The van der Waals surface area contributed by atoms with Crippen LogP contribution in [0.25, 0.3) is 0 Å². The Bertz CT molecular complexity index is 518. The molecule has 0 aliphatic carbocycles. The number of methoxy groups -OCH3 is 1. The lowest BCUT2D eigenvalue weighted by Gasteiger charge is -2.21. The predicted octanol–water partition coefficient (Wildman–Crippen LogP) is 3.88. The van der Waals surface area contributed by atoms with Crippen LogP contribution in [0, 0.1) is 11.3 Å². The molecule has 1 aromatic rings. The maximum absolute atomic E-state index is 8.84. The summed E-state index contributed by atoms with van der Waals surface area (Å²) in [7, 11) is 1.50. The summed E-state index contributed by atoms with van der Waals surface area (Å²) < 4.78 is 16.4. The van der Waals surface area contributed by atoms with E-state index >= 15 is 0 Å². The quantitative estimate of drug-likeness (QED) is 0.564. The van der Waals surface area contributed by atoms with Crippen molar-refractivity contribution in [1.29, 1.82) is 5.26 Å². The highest BCUT2D eigenvalue weighted by molar-refractivity contribution is 8.10. The molecule has 0 aliphatic rings. The minimum Gasteiger partial charge on any atom is -0.493 e. The molecule has 1 aromatic carbocycles. The molecule has 1 rings (SSSR count). The van der Waals surface area contributed by atoms with E-state index in [4.69, 9.17) is 42.5 Å². The number of nitriles is 1. The van der Waals surface area contributed by atoms with E-state index < -0.39 is 6.49 Å². The average molecular weight is 320 g/mol.